The van der Waals surface area contributed by atoms with Gasteiger partial charge in [-0.05, 0) is 55.0 Å². The minimum absolute atomic E-state index is 0.0178. The molecule has 1 fully saturated rings. The van der Waals surface area contributed by atoms with Crippen molar-refractivity contribution in [1.82, 2.24) is 4.90 Å². The number of nitrogens with zero attached hydrogens (tertiary/aromatic N) is 1. The van der Waals surface area contributed by atoms with Crippen molar-refractivity contribution in [3.63, 3.8) is 0 Å². The summed E-state index contributed by atoms with van der Waals surface area (Å²) >= 11 is 1.11. The summed E-state index contributed by atoms with van der Waals surface area (Å²) in [6.45, 7) is 3.18. The van der Waals surface area contributed by atoms with Gasteiger partial charge in [-0.3, -0.25) is 4.90 Å². The van der Waals surface area contributed by atoms with Crippen LogP contribution in [0.25, 0.3) is 10.1 Å². The molecule has 0 aliphatic carbocycles. The maximum atomic E-state index is 15.2. The lowest BCUT2D eigenvalue weighted by atomic mass is 10.0. The highest BCUT2D eigenvalue weighted by atomic mass is 32.1. The van der Waals surface area contributed by atoms with Gasteiger partial charge >= 0.3 is 6.18 Å². The molecule has 3 atom stereocenters. The highest BCUT2D eigenvalue weighted by molar-refractivity contribution is 7.70. The molecule has 246 valence electrons. The molecule has 0 spiro atoms. The van der Waals surface area contributed by atoms with Gasteiger partial charge in [0.15, 0.2) is 0 Å². The normalized spacial score (nSPS) is 18.3. The minimum Gasteiger partial charge on any atom is -0.461 e. The molecule has 7 nitrogen and oxygen atoms in total. The van der Waals surface area contributed by atoms with Crippen LogP contribution in [0.4, 0.5) is 33.3 Å². The third-order valence-corrected chi connectivity index (χ3v) is 10.1. The topological polar surface area (TPSA) is 83.1 Å². The van der Waals surface area contributed by atoms with Gasteiger partial charge in [0.1, 0.15) is 19.1 Å². The van der Waals surface area contributed by atoms with E-state index in [0.29, 0.717) is 39.7 Å². The SMILES string of the molecule is COCC(O)CN1CCC(Nc2cccc3c(CC(F)(F)F)c(C#CCNc4ccc(P(C)(C)=O)cc4OCF)sc23)C(F)C1. The van der Waals surface area contributed by atoms with Crippen molar-refractivity contribution < 1.29 is 41.1 Å². The van der Waals surface area contributed by atoms with Crippen molar-refractivity contribution in [2.24, 2.45) is 0 Å². The van der Waals surface area contributed by atoms with Crippen molar-refractivity contribution in [3.05, 3.63) is 46.8 Å². The summed E-state index contributed by atoms with van der Waals surface area (Å²) in [6.07, 6.45) is -7.19. The maximum absolute atomic E-state index is 15.2. The molecule has 14 heteroatoms. The van der Waals surface area contributed by atoms with E-state index < -0.39 is 44.9 Å². The summed E-state index contributed by atoms with van der Waals surface area (Å²) in [5, 5.41) is 17.1. The van der Waals surface area contributed by atoms with Gasteiger partial charge in [-0.15, -0.1) is 11.3 Å². The summed E-state index contributed by atoms with van der Waals surface area (Å²) in [4.78, 5) is 2.07. The Bertz CT molecular complexity index is 1570. The number of benzene rings is 2. The molecule has 1 aromatic heterocycles. The number of aliphatic hydroxyl groups is 1. The van der Waals surface area contributed by atoms with Crippen LogP contribution in [0.2, 0.25) is 0 Å². The number of anilines is 2. The number of halogens is 5. The first kappa shape index (κ1) is 35.0. The van der Waals surface area contributed by atoms with Crippen LogP contribution in [-0.4, -0.2) is 94.6 Å². The lowest BCUT2D eigenvalue weighted by Gasteiger charge is -2.36. The number of alkyl halides is 5. The van der Waals surface area contributed by atoms with Crippen LogP contribution >= 0.6 is 18.5 Å². The third-order valence-electron chi connectivity index (χ3n) is 7.36. The molecule has 1 aliphatic heterocycles. The van der Waals surface area contributed by atoms with Gasteiger partial charge in [0.2, 0.25) is 6.86 Å². The molecule has 4 rings (SSSR count). The number of ether oxygens (including phenoxy) is 2. The highest BCUT2D eigenvalue weighted by Crippen LogP contribution is 2.40. The number of methoxy groups -OCH3 is 1. The molecular weight excluding hydrogens is 636 g/mol. The summed E-state index contributed by atoms with van der Waals surface area (Å²) < 4.78 is 92.1. The molecule has 2 heterocycles. The Morgan fingerprint density at radius 3 is 2.67 bits per heavy atom. The second-order valence-electron chi connectivity index (χ2n) is 11.2. The van der Waals surface area contributed by atoms with E-state index in [-0.39, 0.29) is 42.4 Å². The van der Waals surface area contributed by atoms with Crippen LogP contribution in [0.1, 0.15) is 16.9 Å². The van der Waals surface area contributed by atoms with Crippen LogP contribution in [0.3, 0.4) is 0 Å². The Morgan fingerprint density at radius 1 is 1.22 bits per heavy atom. The van der Waals surface area contributed by atoms with E-state index in [4.69, 9.17) is 9.47 Å². The van der Waals surface area contributed by atoms with Gasteiger partial charge in [-0.2, -0.15) is 13.2 Å². The average molecular weight is 674 g/mol. The Hall–Kier alpha value is -2.88. The number of piperidine rings is 1. The number of likely N-dealkylation sites (tertiary alicyclic amines) is 1. The lowest BCUT2D eigenvalue weighted by molar-refractivity contribution is -0.126. The summed E-state index contributed by atoms with van der Waals surface area (Å²) in [5.74, 6) is 5.86. The van der Waals surface area contributed by atoms with Crippen molar-refractivity contribution in [3.8, 4) is 17.6 Å². The quantitative estimate of drug-likeness (QED) is 0.126. The standard InChI is InChI=1S/C31H37F5N3O4PS/c1-42-18-20(40)16-39-13-11-25(24(33)17-39)38-27-7-4-6-22-23(15-31(34,35)36)29(45-30(22)27)8-5-12-37-26-10-9-21(44(2,3)41)14-28(26)43-19-32/h4,6-7,9-10,14,20,24-25,37-38,40H,11-13,15-19H2,1-3H3. The van der Waals surface area contributed by atoms with Gasteiger partial charge in [0.05, 0.1) is 52.7 Å². The zero-order chi connectivity index (χ0) is 32.8. The van der Waals surface area contributed by atoms with Gasteiger partial charge in [-0.1, -0.05) is 24.0 Å². The molecular formula is C31H37F5N3O4PS. The van der Waals surface area contributed by atoms with Crippen LogP contribution < -0.4 is 20.7 Å². The second-order valence-corrected chi connectivity index (χ2v) is 15.5. The van der Waals surface area contributed by atoms with E-state index in [2.05, 4.69) is 22.5 Å². The fourth-order valence-corrected chi connectivity index (χ4v) is 7.27. The molecule has 45 heavy (non-hydrogen) atoms. The molecule has 0 amide bonds. The largest absolute Gasteiger partial charge is 0.461 e. The Labute approximate surface area is 263 Å². The van der Waals surface area contributed by atoms with Crippen LogP contribution in [0, 0.1) is 11.8 Å². The zero-order valence-electron chi connectivity index (χ0n) is 25.2. The number of fused-ring (bicyclic) bond motifs is 1. The molecule has 0 bridgehead atoms. The van der Waals surface area contributed by atoms with E-state index in [1.165, 1.54) is 13.2 Å². The monoisotopic (exact) mass is 673 g/mol. The molecule has 3 aromatic rings. The number of β-amino-alcohol motifs (C(OH)–C–C–N with tert-alkyl or cyclic N) is 1. The molecule has 3 unspecified atom stereocenters. The first-order chi connectivity index (χ1) is 21.3. The molecule has 1 saturated heterocycles. The maximum Gasteiger partial charge on any atom is 0.393 e. The van der Waals surface area contributed by atoms with Crippen LogP contribution in [0.5, 0.6) is 5.75 Å². The van der Waals surface area contributed by atoms with Crippen molar-refractivity contribution in [2.45, 2.75) is 37.3 Å². The fraction of sp³-hybridized carbons (Fsp3) is 0.484. The first-order valence-corrected chi connectivity index (χ1v) is 17.7. The Kier molecular flexibility index (Phi) is 11.8. The van der Waals surface area contributed by atoms with Crippen molar-refractivity contribution in [1.29, 1.82) is 0 Å². The Balaban J connectivity index is 1.54. The number of hydrogen-bond acceptors (Lipinski definition) is 8. The summed E-state index contributed by atoms with van der Waals surface area (Å²) in [5.41, 5.74) is 0.979. The van der Waals surface area contributed by atoms with Gasteiger partial charge in [-0.25, -0.2) is 8.78 Å². The number of hydrogen-bond donors (Lipinski definition) is 3. The van der Waals surface area contributed by atoms with Crippen LogP contribution in [0.15, 0.2) is 36.4 Å². The molecule has 1 aliphatic rings. The van der Waals surface area contributed by atoms with Crippen molar-refractivity contribution in [2.75, 3.05) is 70.7 Å². The predicted octanol–water partition coefficient (Wildman–Crippen LogP) is 5.86. The summed E-state index contributed by atoms with van der Waals surface area (Å²) in [7, 11) is -1.14. The van der Waals surface area contributed by atoms with Gasteiger partial charge < -0.3 is 29.8 Å². The van der Waals surface area contributed by atoms with Gasteiger partial charge in [0, 0.05) is 32.0 Å². The number of thiophene rings is 1. The number of rotatable bonds is 12. The lowest BCUT2D eigenvalue weighted by Crippen LogP contribution is -2.50. The third kappa shape index (κ3) is 9.56. The molecule has 3 N–H and O–H groups in total. The zero-order valence-corrected chi connectivity index (χ0v) is 26.9. The molecule has 0 radical (unpaired) electrons. The van der Waals surface area contributed by atoms with E-state index in [1.807, 2.05) is 4.90 Å². The smallest absolute Gasteiger partial charge is 0.393 e. The highest BCUT2D eigenvalue weighted by Gasteiger charge is 2.33. The van der Waals surface area contributed by atoms with Crippen molar-refractivity contribution >= 4 is 45.2 Å². The average Bonchev–Trinajstić information content (AvgIpc) is 3.29. The Morgan fingerprint density at radius 2 is 2.00 bits per heavy atom. The fourth-order valence-electron chi connectivity index (χ4n) is 5.23. The van der Waals surface area contributed by atoms with E-state index >= 15 is 4.39 Å². The number of aliphatic hydroxyl groups excluding tert-OH is 1. The van der Waals surface area contributed by atoms with Crippen LogP contribution in [-0.2, 0) is 15.7 Å². The molecule has 2 aromatic carbocycles. The first-order valence-electron chi connectivity index (χ1n) is 14.3. The van der Waals surface area contributed by atoms with E-state index in [0.717, 1.165) is 11.3 Å². The molecule has 0 saturated carbocycles. The van der Waals surface area contributed by atoms with Gasteiger partial charge in [0.25, 0.3) is 0 Å². The second kappa shape index (κ2) is 15.1. The summed E-state index contributed by atoms with van der Waals surface area (Å²) in [6, 6.07) is 9.14. The van der Waals surface area contributed by atoms with E-state index in [9.17, 15) is 27.2 Å². The van der Waals surface area contributed by atoms with E-state index in [1.54, 1.807) is 43.7 Å². The number of nitrogens with one attached hydrogen (secondary N) is 2. The predicted molar refractivity (Wildman–Crippen MR) is 170 cm³/mol. The minimum atomic E-state index is -4.48.